The summed E-state index contributed by atoms with van der Waals surface area (Å²) in [6.45, 7) is 3.91. The SMILES string of the molecule is CCNc1cc(NCc2nc(C)no2)nc(C(F)(F)F)n1. The first kappa shape index (κ1) is 15.0. The van der Waals surface area contributed by atoms with Crippen LogP contribution in [-0.2, 0) is 12.7 Å². The molecule has 2 aromatic rings. The van der Waals surface area contributed by atoms with Gasteiger partial charge in [-0.1, -0.05) is 5.16 Å². The Morgan fingerprint density at radius 2 is 1.81 bits per heavy atom. The van der Waals surface area contributed by atoms with Crippen molar-refractivity contribution in [3.63, 3.8) is 0 Å². The minimum Gasteiger partial charge on any atom is -0.370 e. The van der Waals surface area contributed by atoms with E-state index in [0.29, 0.717) is 12.4 Å². The van der Waals surface area contributed by atoms with E-state index in [1.54, 1.807) is 13.8 Å². The molecule has 0 fully saturated rings. The Labute approximate surface area is 118 Å². The van der Waals surface area contributed by atoms with Crippen molar-refractivity contribution in [2.75, 3.05) is 17.2 Å². The van der Waals surface area contributed by atoms with Crippen LogP contribution in [0.1, 0.15) is 24.5 Å². The Bertz CT molecular complexity index is 612. The van der Waals surface area contributed by atoms with Crippen LogP contribution in [0, 0.1) is 6.92 Å². The normalized spacial score (nSPS) is 11.5. The lowest BCUT2D eigenvalue weighted by molar-refractivity contribution is -0.144. The number of rotatable bonds is 5. The van der Waals surface area contributed by atoms with Gasteiger partial charge in [-0.3, -0.25) is 0 Å². The number of nitrogens with one attached hydrogen (secondary N) is 2. The molecule has 21 heavy (non-hydrogen) atoms. The maximum absolute atomic E-state index is 12.7. The zero-order valence-corrected chi connectivity index (χ0v) is 11.3. The second-order valence-corrected chi connectivity index (χ2v) is 4.08. The molecule has 0 bridgehead atoms. The highest BCUT2D eigenvalue weighted by Crippen LogP contribution is 2.28. The molecule has 0 aliphatic heterocycles. The first-order chi connectivity index (χ1) is 9.88. The van der Waals surface area contributed by atoms with Gasteiger partial charge >= 0.3 is 6.18 Å². The van der Waals surface area contributed by atoms with Crippen molar-refractivity contribution < 1.29 is 17.7 Å². The fraction of sp³-hybridized carbons (Fsp3) is 0.455. The van der Waals surface area contributed by atoms with Crippen LogP contribution < -0.4 is 10.6 Å². The van der Waals surface area contributed by atoms with Gasteiger partial charge in [-0.15, -0.1) is 0 Å². The van der Waals surface area contributed by atoms with E-state index in [9.17, 15) is 13.2 Å². The number of alkyl halides is 3. The molecule has 0 unspecified atom stereocenters. The Morgan fingerprint density at radius 3 is 2.33 bits per heavy atom. The van der Waals surface area contributed by atoms with Gasteiger partial charge in [0.15, 0.2) is 5.82 Å². The molecule has 0 spiro atoms. The third-order valence-electron chi connectivity index (χ3n) is 2.33. The van der Waals surface area contributed by atoms with Gasteiger partial charge in [-0.25, -0.2) is 9.97 Å². The number of hydrogen-bond donors (Lipinski definition) is 2. The molecule has 0 saturated heterocycles. The second kappa shape index (κ2) is 5.94. The minimum atomic E-state index is -4.62. The summed E-state index contributed by atoms with van der Waals surface area (Å²) >= 11 is 0. The molecule has 0 aliphatic rings. The minimum absolute atomic E-state index is 0.0177. The lowest BCUT2D eigenvalue weighted by Crippen LogP contribution is -2.15. The molecule has 0 aliphatic carbocycles. The van der Waals surface area contributed by atoms with E-state index >= 15 is 0 Å². The molecular formula is C11H13F3N6O. The number of anilines is 2. The molecule has 0 saturated carbocycles. The summed E-state index contributed by atoms with van der Waals surface area (Å²) in [7, 11) is 0. The van der Waals surface area contributed by atoms with E-state index in [1.165, 1.54) is 6.07 Å². The molecule has 7 nitrogen and oxygen atoms in total. The maximum Gasteiger partial charge on any atom is 0.451 e. The average Bonchev–Trinajstić information content (AvgIpc) is 2.81. The van der Waals surface area contributed by atoms with Crippen molar-refractivity contribution in [2.45, 2.75) is 26.6 Å². The molecule has 0 amide bonds. The quantitative estimate of drug-likeness (QED) is 0.875. The van der Waals surface area contributed by atoms with E-state index in [2.05, 4.69) is 30.7 Å². The summed E-state index contributed by atoms with van der Waals surface area (Å²) in [6, 6.07) is 1.38. The Balaban J connectivity index is 2.19. The molecule has 2 rings (SSSR count). The van der Waals surface area contributed by atoms with Crippen LogP contribution in [0.3, 0.4) is 0 Å². The van der Waals surface area contributed by atoms with E-state index in [1.807, 2.05) is 0 Å². The molecule has 10 heteroatoms. The monoisotopic (exact) mass is 302 g/mol. The molecule has 2 N–H and O–H groups in total. The maximum atomic E-state index is 12.7. The van der Waals surface area contributed by atoms with Crippen molar-refractivity contribution in [2.24, 2.45) is 0 Å². The van der Waals surface area contributed by atoms with Gasteiger partial charge in [-0.2, -0.15) is 18.2 Å². The summed E-state index contributed by atoms with van der Waals surface area (Å²) in [5.74, 6) is -0.415. The molecule has 0 aromatic carbocycles. The van der Waals surface area contributed by atoms with Crippen LogP contribution in [0.4, 0.5) is 24.8 Å². The summed E-state index contributed by atoms with van der Waals surface area (Å²) in [5, 5.41) is 9.00. The summed E-state index contributed by atoms with van der Waals surface area (Å²) < 4.78 is 43.1. The largest absolute Gasteiger partial charge is 0.451 e. The van der Waals surface area contributed by atoms with E-state index in [0.717, 1.165) is 0 Å². The number of aryl methyl sites for hydroxylation is 1. The summed E-state index contributed by atoms with van der Waals surface area (Å²) in [5.41, 5.74) is 0. The van der Waals surface area contributed by atoms with Crippen molar-refractivity contribution in [3.8, 4) is 0 Å². The van der Waals surface area contributed by atoms with E-state index in [4.69, 9.17) is 4.52 Å². The third-order valence-corrected chi connectivity index (χ3v) is 2.33. The highest BCUT2D eigenvalue weighted by atomic mass is 19.4. The van der Waals surface area contributed by atoms with Crippen LogP contribution >= 0.6 is 0 Å². The fourth-order valence-electron chi connectivity index (χ4n) is 1.51. The zero-order chi connectivity index (χ0) is 15.5. The molecule has 2 heterocycles. The molecule has 0 radical (unpaired) electrons. The van der Waals surface area contributed by atoms with Crippen molar-refractivity contribution in [1.29, 1.82) is 0 Å². The standard InChI is InChI=1S/C11H13F3N6O/c1-3-15-7-4-8(19-10(18-7)11(12,13)14)16-5-9-17-6(2)20-21-9/h4H,3,5H2,1-2H3,(H2,15,16,18,19). The van der Waals surface area contributed by atoms with Crippen LogP contribution in [-0.4, -0.2) is 26.7 Å². The van der Waals surface area contributed by atoms with Gasteiger partial charge in [-0.05, 0) is 13.8 Å². The number of aromatic nitrogens is 4. The Kier molecular flexibility index (Phi) is 4.24. The van der Waals surface area contributed by atoms with Crippen LogP contribution in [0.5, 0.6) is 0 Å². The fourth-order valence-corrected chi connectivity index (χ4v) is 1.51. The average molecular weight is 302 g/mol. The van der Waals surface area contributed by atoms with Crippen LogP contribution in [0.15, 0.2) is 10.6 Å². The lowest BCUT2D eigenvalue weighted by atomic mass is 10.4. The predicted octanol–water partition coefficient (Wildman–Crippen LogP) is 2.23. The number of hydrogen-bond acceptors (Lipinski definition) is 7. The van der Waals surface area contributed by atoms with E-state index in [-0.39, 0.29) is 24.1 Å². The van der Waals surface area contributed by atoms with Crippen molar-refractivity contribution in [3.05, 3.63) is 23.6 Å². The first-order valence-corrected chi connectivity index (χ1v) is 6.11. The lowest BCUT2D eigenvalue weighted by Gasteiger charge is -2.11. The third kappa shape index (κ3) is 4.04. The summed E-state index contributed by atoms with van der Waals surface area (Å²) in [6.07, 6.45) is -4.62. The van der Waals surface area contributed by atoms with Gasteiger partial charge in [0.05, 0.1) is 6.54 Å². The highest BCUT2D eigenvalue weighted by Gasteiger charge is 2.35. The topological polar surface area (TPSA) is 88.8 Å². The highest BCUT2D eigenvalue weighted by molar-refractivity contribution is 5.47. The number of nitrogens with zero attached hydrogens (tertiary/aromatic N) is 4. The Morgan fingerprint density at radius 1 is 1.14 bits per heavy atom. The second-order valence-electron chi connectivity index (χ2n) is 4.08. The van der Waals surface area contributed by atoms with E-state index < -0.39 is 12.0 Å². The van der Waals surface area contributed by atoms with Gasteiger partial charge < -0.3 is 15.2 Å². The summed E-state index contributed by atoms with van der Waals surface area (Å²) in [4.78, 5) is 10.8. The molecule has 2 aromatic heterocycles. The molecular weight excluding hydrogens is 289 g/mol. The smallest absolute Gasteiger partial charge is 0.370 e. The molecule has 114 valence electrons. The van der Waals surface area contributed by atoms with Gasteiger partial charge in [0, 0.05) is 12.6 Å². The first-order valence-electron chi connectivity index (χ1n) is 6.11. The molecule has 0 atom stereocenters. The Hall–Kier alpha value is -2.39. The van der Waals surface area contributed by atoms with Crippen LogP contribution in [0.25, 0.3) is 0 Å². The van der Waals surface area contributed by atoms with Crippen molar-refractivity contribution >= 4 is 11.6 Å². The zero-order valence-electron chi connectivity index (χ0n) is 11.3. The predicted molar refractivity (Wildman–Crippen MR) is 67.6 cm³/mol. The van der Waals surface area contributed by atoms with Gasteiger partial charge in [0.25, 0.3) is 0 Å². The van der Waals surface area contributed by atoms with Crippen molar-refractivity contribution in [1.82, 2.24) is 20.1 Å². The van der Waals surface area contributed by atoms with Gasteiger partial charge in [0.2, 0.25) is 11.7 Å². The number of halogens is 3. The van der Waals surface area contributed by atoms with Crippen LogP contribution in [0.2, 0.25) is 0 Å². The van der Waals surface area contributed by atoms with Gasteiger partial charge in [0.1, 0.15) is 11.6 Å².